The van der Waals surface area contributed by atoms with Crippen molar-refractivity contribution in [2.24, 2.45) is 5.92 Å². The monoisotopic (exact) mass is 383 g/mol. The topological polar surface area (TPSA) is 60.9 Å². The molecule has 6 nitrogen and oxygen atoms in total. The van der Waals surface area contributed by atoms with Gasteiger partial charge in [-0.25, -0.2) is 12.7 Å². The Morgan fingerprint density at radius 2 is 1.92 bits per heavy atom. The largest absolute Gasteiger partial charge is 0.338 e. The number of sulfonamides is 1. The van der Waals surface area contributed by atoms with Gasteiger partial charge in [0.2, 0.25) is 15.9 Å². The molecule has 2 saturated heterocycles. The fourth-order valence-electron chi connectivity index (χ4n) is 4.30. The summed E-state index contributed by atoms with van der Waals surface area (Å²) in [6.07, 6.45) is 7.94. The Labute approximate surface area is 158 Å². The highest BCUT2D eigenvalue weighted by Gasteiger charge is 2.31. The van der Waals surface area contributed by atoms with Crippen LogP contribution in [0.25, 0.3) is 0 Å². The predicted octanol–water partition coefficient (Wildman–Crippen LogP) is 1.69. The average molecular weight is 384 g/mol. The zero-order valence-corrected chi connectivity index (χ0v) is 17.0. The van der Waals surface area contributed by atoms with Gasteiger partial charge >= 0.3 is 0 Å². The van der Waals surface area contributed by atoms with Crippen LogP contribution in [0.5, 0.6) is 0 Å². The molecule has 26 heavy (non-hydrogen) atoms. The van der Waals surface area contributed by atoms with Gasteiger partial charge in [-0.3, -0.25) is 9.69 Å². The number of carbonyl (C=O) groups excluding carboxylic acids is 1. The maximum atomic E-state index is 12.8. The van der Waals surface area contributed by atoms with Crippen LogP contribution < -0.4 is 0 Å². The third kappa shape index (κ3) is 4.49. The molecule has 0 radical (unpaired) electrons. The van der Waals surface area contributed by atoms with Crippen LogP contribution in [0.3, 0.4) is 0 Å². The molecule has 3 rings (SSSR count). The van der Waals surface area contributed by atoms with Crippen LogP contribution in [0.1, 0.15) is 46.0 Å². The van der Waals surface area contributed by atoms with Gasteiger partial charge in [0.1, 0.15) is 0 Å². The smallest absolute Gasteiger partial charge is 0.237 e. The fourth-order valence-corrected chi connectivity index (χ4v) is 5.62. The van der Waals surface area contributed by atoms with E-state index in [1.807, 2.05) is 4.90 Å². The van der Waals surface area contributed by atoms with Gasteiger partial charge in [0.25, 0.3) is 0 Å². The van der Waals surface area contributed by atoms with E-state index in [2.05, 4.69) is 11.0 Å². The minimum atomic E-state index is -3.21. The van der Waals surface area contributed by atoms with E-state index in [9.17, 15) is 13.2 Å². The summed E-state index contributed by atoms with van der Waals surface area (Å²) in [7, 11) is -3.21. The maximum absolute atomic E-state index is 12.8. The quantitative estimate of drug-likeness (QED) is 0.693. The van der Waals surface area contributed by atoms with Crippen molar-refractivity contribution in [3.05, 3.63) is 11.6 Å². The van der Waals surface area contributed by atoms with Gasteiger partial charge in [-0.05, 0) is 58.4 Å². The van der Waals surface area contributed by atoms with Crippen LogP contribution in [0, 0.1) is 5.92 Å². The average Bonchev–Trinajstić information content (AvgIpc) is 2.87. The van der Waals surface area contributed by atoms with E-state index in [1.54, 1.807) is 18.2 Å². The lowest BCUT2D eigenvalue weighted by Gasteiger charge is -2.37. The van der Waals surface area contributed by atoms with Crippen molar-refractivity contribution < 1.29 is 13.2 Å². The van der Waals surface area contributed by atoms with Crippen molar-refractivity contribution >= 4 is 15.9 Å². The maximum Gasteiger partial charge on any atom is 0.237 e. The third-order valence-corrected chi connectivity index (χ3v) is 8.30. The standard InChI is InChI=1S/C19H33N3O3S/c1-16(2)26(24,25)22-10-5-9-20(12-13-22)15-19(23)21-11-8-17-6-3-4-7-18(17)14-21/h7,16-17H,3-6,8-15H2,1-2H3. The number of hydrogen-bond donors (Lipinski definition) is 0. The molecular weight excluding hydrogens is 350 g/mol. The van der Waals surface area contributed by atoms with E-state index < -0.39 is 10.0 Å². The Morgan fingerprint density at radius 1 is 1.12 bits per heavy atom. The molecule has 7 heteroatoms. The second kappa shape index (κ2) is 8.40. The molecule has 0 aromatic heterocycles. The molecule has 0 saturated carbocycles. The first kappa shape index (κ1) is 19.8. The van der Waals surface area contributed by atoms with Crippen LogP contribution in [0.15, 0.2) is 11.6 Å². The number of hydrogen-bond acceptors (Lipinski definition) is 4. The lowest BCUT2D eigenvalue weighted by Crippen LogP contribution is -2.46. The van der Waals surface area contributed by atoms with E-state index in [0.717, 1.165) is 38.9 Å². The van der Waals surface area contributed by atoms with Gasteiger partial charge in [0.05, 0.1) is 11.8 Å². The number of likely N-dealkylation sites (tertiary alicyclic amines) is 1. The summed E-state index contributed by atoms with van der Waals surface area (Å²) in [6, 6.07) is 0. The summed E-state index contributed by atoms with van der Waals surface area (Å²) in [6.45, 7) is 7.99. The zero-order valence-electron chi connectivity index (χ0n) is 16.2. The Kier molecular flexibility index (Phi) is 6.41. The molecule has 1 atom stereocenters. The zero-order chi connectivity index (χ0) is 18.7. The molecule has 0 aromatic carbocycles. The molecule has 0 bridgehead atoms. The number of fused-ring (bicyclic) bond motifs is 1. The normalized spacial score (nSPS) is 26.3. The molecule has 0 aromatic rings. The lowest BCUT2D eigenvalue weighted by molar-refractivity contribution is -0.132. The van der Waals surface area contributed by atoms with Gasteiger partial charge in [-0.15, -0.1) is 0 Å². The Bertz CT molecular complexity index is 644. The number of nitrogens with zero attached hydrogens (tertiary/aromatic N) is 3. The summed E-state index contributed by atoms with van der Waals surface area (Å²) in [5.41, 5.74) is 1.46. The van der Waals surface area contributed by atoms with Crippen LogP contribution in [0.2, 0.25) is 0 Å². The van der Waals surface area contributed by atoms with E-state index in [-0.39, 0.29) is 11.2 Å². The number of rotatable bonds is 4. The summed E-state index contributed by atoms with van der Waals surface area (Å²) >= 11 is 0. The molecule has 0 spiro atoms. The van der Waals surface area contributed by atoms with Crippen molar-refractivity contribution in [1.29, 1.82) is 0 Å². The van der Waals surface area contributed by atoms with Crippen molar-refractivity contribution in [3.63, 3.8) is 0 Å². The van der Waals surface area contributed by atoms with Crippen molar-refractivity contribution in [3.8, 4) is 0 Å². The Morgan fingerprint density at radius 3 is 2.69 bits per heavy atom. The molecular formula is C19H33N3O3S. The first-order chi connectivity index (χ1) is 12.4. The van der Waals surface area contributed by atoms with Crippen LogP contribution >= 0.6 is 0 Å². The highest BCUT2D eigenvalue weighted by molar-refractivity contribution is 7.89. The van der Waals surface area contributed by atoms with Crippen LogP contribution in [0.4, 0.5) is 0 Å². The molecule has 1 aliphatic carbocycles. The highest BCUT2D eigenvalue weighted by atomic mass is 32.2. The number of carbonyl (C=O) groups is 1. The van der Waals surface area contributed by atoms with Crippen molar-refractivity contribution in [2.45, 2.75) is 51.2 Å². The van der Waals surface area contributed by atoms with Crippen LogP contribution in [-0.4, -0.2) is 79.5 Å². The van der Waals surface area contributed by atoms with E-state index in [0.29, 0.717) is 32.1 Å². The number of allylic oxidation sites excluding steroid dienone is 1. The van der Waals surface area contributed by atoms with E-state index >= 15 is 0 Å². The third-order valence-electron chi connectivity index (χ3n) is 6.02. The Balaban J connectivity index is 1.53. The minimum Gasteiger partial charge on any atom is -0.338 e. The molecule has 2 heterocycles. The SMILES string of the molecule is CC(C)S(=O)(=O)N1CCCN(CC(=O)N2CCC3CCCC=C3C2)CC1. The molecule has 0 N–H and O–H groups in total. The second-order valence-corrected chi connectivity index (χ2v) is 10.6. The minimum absolute atomic E-state index is 0.190. The van der Waals surface area contributed by atoms with Gasteiger partial charge in [0, 0.05) is 32.7 Å². The van der Waals surface area contributed by atoms with Gasteiger partial charge in [-0.1, -0.05) is 11.6 Å². The van der Waals surface area contributed by atoms with Gasteiger partial charge in [0.15, 0.2) is 0 Å². The second-order valence-electron chi connectivity index (χ2n) is 8.13. The number of piperidine rings is 1. The summed E-state index contributed by atoms with van der Waals surface area (Å²) in [5.74, 6) is 0.885. The van der Waals surface area contributed by atoms with Crippen LogP contribution in [-0.2, 0) is 14.8 Å². The highest BCUT2D eigenvalue weighted by Crippen LogP contribution is 2.31. The van der Waals surface area contributed by atoms with E-state index in [4.69, 9.17) is 0 Å². The lowest BCUT2D eigenvalue weighted by atomic mass is 9.82. The molecule has 3 aliphatic rings. The first-order valence-corrected chi connectivity index (χ1v) is 11.6. The summed E-state index contributed by atoms with van der Waals surface area (Å²) in [4.78, 5) is 16.9. The molecule has 1 amide bonds. The summed E-state index contributed by atoms with van der Waals surface area (Å²) in [5, 5.41) is -0.388. The fraction of sp³-hybridized carbons (Fsp3) is 0.842. The summed E-state index contributed by atoms with van der Waals surface area (Å²) < 4.78 is 26.3. The molecule has 2 fully saturated rings. The van der Waals surface area contributed by atoms with Crippen molar-refractivity contribution in [1.82, 2.24) is 14.1 Å². The van der Waals surface area contributed by atoms with Gasteiger partial charge in [-0.2, -0.15) is 0 Å². The predicted molar refractivity (Wildman–Crippen MR) is 103 cm³/mol. The molecule has 148 valence electrons. The first-order valence-electron chi connectivity index (χ1n) is 10.1. The van der Waals surface area contributed by atoms with Gasteiger partial charge < -0.3 is 4.90 Å². The van der Waals surface area contributed by atoms with E-state index in [1.165, 1.54) is 18.4 Å². The van der Waals surface area contributed by atoms with Crippen molar-refractivity contribution in [2.75, 3.05) is 45.8 Å². The molecule has 1 unspecified atom stereocenters. The number of amides is 1. The Hall–Kier alpha value is -0.920. The molecule has 2 aliphatic heterocycles.